The standard InChI is InChI=1S/C12H14O3S/c1-15-12(14)10-6-5-9(11(13)8-10)4-2-3-7-16/h2,4-6,8,13,16H,3,7H2,1H3. The zero-order valence-electron chi connectivity index (χ0n) is 9.01. The number of methoxy groups -OCH3 is 1. The van der Waals surface area contributed by atoms with E-state index in [1.807, 2.05) is 6.08 Å². The lowest BCUT2D eigenvalue weighted by Gasteiger charge is -2.02. The molecule has 86 valence electrons. The highest BCUT2D eigenvalue weighted by molar-refractivity contribution is 7.80. The second-order valence-electron chi connectivity index (χ2n) is 3.18. The summed E-state index contributed by atoms with van der Waals surface area (Å²) in [7, 11) is 1.31. The Hall–Kier alpha value is -1.42. The van der Waals surface area contributed by atoms with Gasteiger partial charge in [-0.25, -0.2) is 4.79 Å². The van der Waals surface area contributed by atoms with Gasteiger partial charge < -0.3 is 9.84 Å². The molecule has 0 atom stereocenters. The van der Waals surface area contributed by atoms with E-state index in [0.717, 1.165) is 12.2 Å². The Labute approximate surface area is 100 Å². The molecule has 0 aliphatic carbocycles. The summed E-state index contributed by atoms with van der Waals surface area (Å²) in [6, 6.07) is 4.69. The fourth-order valence-electron chi connectivity index (χ4n) is 1.21. The van der Waals surface area contributed by atoms with Crippen LogP contribution in [0, 0.1) is 0 Å². The molecule has 16 heavy (non-hydrogen) atoms. The molecule has 0 spiro atoms. The molecule has 0 saturated carbocycles. The van der Waals surface area contributed by atoms with Crippen molar-refractivity contribution in [3.8, 4) is 5.75 Å². The van der Waals surface area contributed by atoms with Crippen LogP contribution >= 0.6 is 12.6 Å². The number of hydrogen-bond donors (Lipinski definition) is 2. The van der Waals surface area contributed by atoms with Crippen LogP contribution in [-0.4, -0.2) is 23.9 Å². The van der Waals surface area contributed by atoms with E-state index in [4.69, 9.17) is 0 Å². The van der Waals surface area contributed by atoms with Crippen LogP contribution in [0.15, 0.2) is 24.3 Å². The maximum atomic E-state index is 11.2. The zero-order valence-corrected chi connectivity index (χ0v) is 9.91. The van der Waals surface area contributed by atoms with Gasteiger partial charge >= 0.3 is 5.97 Å². The van der Waals surface area contributed by atoms with E-state index in [0.29, 0.717) is 11.1 Å². The normalized spacial score (nSPS) is 10.6. The Morgan fingerprint density at radius 1 is 1.56 bits per heavy atom. The lowest BCUT2D eigenvalue weighted by atomic mass is 10.1. The van der Waals surface area contributed by atoms with Crippen molar-refractivity contribution in [3.63, 3.8) is 0 Å². The number of aromatic hydroxyl groups is 1. The minimum atomic E-state index is -0.457. The fraction of sp³-hybridized carbons (Fsp3) is 0.250. The summed E-state index contributed by atoms with van der Waals surface area (Å²) < 4.78 is 4.55. The molecule has 1 rings (SSSR count). The van der Waals surface area contributed by atoms with Crippen molar-refractivity contribution in [2.24, 2.45) is 0 Å². The number of ether oxygens (including phenoxy) is 1. The van der Waals surface area contributed by atoms with Crippen molar-refractivity contribution in [2.45, 2.75) is 6.42 Å². The highest BCUT2D eigenvalue weighted by atomic mass is 32.1. The molecule has 0 saturated heterocycles. The van der Waals surface area contributed by atoms with Gasteiger partial charge in [-0.1, -0.05) is 18.2 Å². The summed E-state index contributed by atoms with van der Waals surface area (Å²) in [6.07, 6.45) is 4.55. The number of carbonyl (C=O) groups excluding carboxylic acids is 1. The Kier molecular flexibility index (Phi) is 4.92. The molecule has 0 aromatic heterocycles. The topological polar surface area (TPSA) is 46.5 Å². The zero-order chi connectivity index (χ0) is 12.0. The first-order valence-corrected chi connectivity index (χ1v) is 5.51. The summed E-state index contributed by atoms with van der Waals surface area (Å²) in [5.74, 6) is 0.372. The third kappa shape index (κ3) is 3.31. The summed E-state index contributed by atoms with van der Waals surface area (Å²) in [5, 5.41) is 9.66. The van der Waals surface area contributed by atoms with E-state index in [2.05, 4.69) is 17.4 Å². The van der Waals surface area contributed by atoms with E-state index in [1.165, 1.54) is 13.2 Å². The Bertz CT molecular complexity index is 399. The molecule has 0 fully saturated rings. The van der Waals surface area contributed by atoms with E-state index in [9.17, 15) is 9.90 Å². The van der Waals surface area contributed by atoms with Gasteiger partial charge in [-0.2, -0.15) is 12.6 Å². The molecule has 0 aliphatic rings. The number of phenols is 1. The molecular formula is C12H14O3S. The monoisotopic (exact) mass is 238 g/mol. The first-order valence-electron chi connectivity index (χ1n) is 4.87. The minimum absolute atomic E-state index is 0.0679. The number of thiol groups is 1. The van der Waals surface area contributed by atoms with Crippen LogP contribution in [0.3, 0.4) is 0 Å². The summed E-state index contributed by atoms with van der Waals surface area (Å²) in [5.41, 5.74) is 1.01. The molecule has 0 aliphatic heterocycles. The molecule has 1 aromatic carbocycles. The van der Waals surface area contributed by atoms with E-state index < -0.39 is 5.97 Å². The predicted molar refractivity (Wildman–Crippen MR) is 67.0 cm³/mol. The van der Waals surface area contributed by atoms with Crippen LogP contribution in [0.2, 0.25) is 0 Å². The van der Waals surface area contributed by atoms with Crippen molar-refractivity contribution in [3.05, 3.63) is 35.4 Å². The minimum Gasteiger partial charge on any atom is -0.507 e. The number of benzene rings is 1. The smallest absolute Gasteiger partial charge is 0.337 e. The van der Waals surface area contributed by atoms with Crippen molar-refractivity contribution >= 4 is 24.7 Å². The van der Waals surface area contributed by atoms with Crippen LogP contribution < -0.4 is 0 Å². The summed E-state index contributed by atoms with van der Waals surface area (Å²) in [4.78, 5) is 11.2. The molecule has 0 bridgehead atoms. The van der Waals surface area contributed by atoms with Crippen LogP contribution in [-0.2, 0) is 4.74 Å². The number of phenolic OH excluding ortho intramolecular Hbond substituents is 1. The number of esters is 1. The van der Waals surface area contributed by atoms with Crippen molar-refractivity contribution < 1.29 is 14.6 Å². The predicted octanol–water partition coefficient (Wildman–Crippen LogP) is 2.51. The third-order valence-electron chi connectivity index (χ3n) is 2.04. The molecule has 4 heteroatoms. The Morgan fingerprint density at radius 3 is 2.88 bits per heavy atom. The van der Waals surface area contributed by atoms with Crippen LogP contribution in [0.25, 0.3) is 6.08 Å². The Morgan fingerprint density at radius 2 is 2.31 bits per heavy atom. The van der Waals surface area contributed by atoms with E-state index >= 15 is 0 Å². The number of rotatable bonds is 4. The number of allylic oxidation sites excluding steroid dienone is 1. The molecule has 0 heterocycles. The molecule has 0 amide bonds. The van der Waals surface area contributed by atoms with Gasteiger partial charge in [0, 0.05) is 5.56 Å². The molecular weight excluding hydrogens is 224 g/mol. The van der Waals surface area contributed by atoms with Gasteiger partial charge in [0.25, 0.3) is 0 Å². The van der Waals surface area contributed by atoms with Gasteiger partial charge in [-0.05, 0) is 24.3 Å². The van der Waals surface area contributed by atoms with Gasteiger partial charge in [0.1, 0.15) is 5.75 Å². The molecule has 1 aromatic rings. The molecule has 0 radical (unpaired) electrons. The maximum Gasteiger partial charge on any atom is 0.337 e. The van der Waals surface area contributed by atoms with E-state index in [-0.39, 0.29) is 5.75 Å². The maximum absolute atomic E-state index is 11.2. The average molecular weight is 238 g/mol. The average Bonchev–Trinajstić information content (AvgIpc) is 2.30. The fourth-order valence-corrected chi connectivity index (χ4v) is 1.36. The van der Waals surface area contributed by atoms with Crippen LogP contribution in [0.1, 0.15) is 22.3 Å². The highest BCUT2D eigenvalue weighted by Gasteiger charge is 2.07. The van der Waals surface area contributed by atoms with Crippen LogP contribution in [0.4, 0.5) is 0 Å². The van der Waals surface area contributed by atoms with Gasteiger partial charge in [0.15, 0.2) is 0 Å². The van der Waals surface area contributed by atoms with Crippen molar-refractivity contribution in [1.82, 2.24) is 0 Å². The first kappa shape index (κ1) is 12.6. The molecule has 3 nitrogen and oxygen atoms in total. The number of hydrogen-bond acceptors (Lipinski definition) is 4. The second kappa shape index (κ2) is 6.23. The largest absolute Gasteiger partial charge is 0.507 e. The van der Waals surface area contributed by atoms with Crippen molar-refractivity contribution in [1.29, 1.82) is 0 Å². The van der Waals surface area contributed by atoms with Gasteiger partial charge in [-0.15, -0.1) is 0 Å². The molecule has 1 N–H and O–H groups in total. The van der Waals surface area contributed by atoms with Crippen molar-refractivity contribution in [2.75, 3.05) is 12.9 Å². The second-order valence-corrected chi connectivity index (χ2v) is 3.63. The van der Waals surface area contributed by atoms with Gasteiger partial charge in [0.05, 0.1) is 12.7 Å². The Balaban J connectivity index is 2.87. The lowest BCUT2D eigenvalue weighted by Crippen LogP contribution is -2.00. The van der Waals surface area contributed by atoms with E-state index in [1.54, 1.807) is 18.2 Å². The first-order chi connectivity index (χ1) is 7.69. The van der Waals surface area contributed by atoms with Crippen LogP contribution in [0.5, 0.6) is 5.75 Å². The van der Waals surface area contributed by atoms with Gasteiger partial charge in [0.2, 0.25) is 0 Å². The van der Waals surface area contributed by atoms with Gasteiger partial charge in [-0.3, -0.25) is 0 Å². The third-order valence-corrected chi connectivity index (χ3v) is 2.30. The summed E-state index contributed by atoms with van der Waals surface area (Å²) >= 11 is 4.07. The summed E-state index contributed by atoms with van der Waals surface area (Å²) in [6.45, 7) is 0. The number of carbonyl (C=O) groups is 1. The lowest BCUT2D eigenvalue weighted by molar-refractivity contribution is 0.0600. The molecule has 0 unspecified atom stereocenters. The highest BCUT2D eigenvalue weighted by Crippen LogP contribution is 2.20. The SMILES string of the molecule is COC(=O)c1ccc(C=CCCS)c(O)c1. The quantitative estimate of drug-likeness (QED) is 0.626.